The number of allylic oxidation sites excluding steroid dienone is 1. The first kappa shape index (κ1) is 27.5. The van der Waals surface area contributed by atoms with Gasteiger partial charge in [-0.05, 0) is 82.6 Å². The van der Waals surface area contributed by atoms with Gasteiger partial charge < -0.3 is 10.6 Å². The van der Waals surface area contributed by atoms with Crippen LogP contribution in [0, 0.1) is 0 Å². The van der Waals surface area contributed by atoms with E-state index in [1.165, 1.54) is 6.08 Å². The molecule has 0 aliphatic carbocycles. The van der Waals surface area contributed by atoms with E-state index in [0.717, 1.165) is 26.4 Å². The molecule has 0 unspecified atom stereocenters. The summed E-state index contributed by atoms with van der Waals surface area (Å²) in [5.74, 6) is -1.04. The van der Waals surface area contributed by atoms with E-state index in [2.05, 4.69) is 26.6 Å². The Kier molecular flexibility index (Phi) is 8.62. The molecule has 2 amide bonds. The lowest BCUT2D eigenvalue weighted by Gasteiger charge is -2.12. The van der Waals surface area contributed by atoms with E-state index >= 15 is 0 Å². The van der Waals surface area contributed by atoms with Crippen LogP contribution < -0.4 is 10.6 Å². The first-order valence-corrected chi connectivity index (χ1v) is 13.7. The highest BCUT2D eigenvalue weighted by molar-refractivity contribution is 9.10. The number of carbonyl (C=O) groups excluding carboxylic acids is 3. The first-order valence-electron chi connectivity index (χ1n) is 12.9. The second kappa shape index (κ2) is 12.9. The molecule has 0 aliphatic heterocycles. The molecule has 5 rings (SSSR count). The van der Waals surface area contributed by atoms with E-state index in [9.17, 15) is 14.4 Å². The van der Waals surface area contributed by atoms with E-state index in [4.69, 9.17) is 0 Å². The van der Waals surface area contributed by atoms with Crippen molar-refractivity contribution in [1.29, 1.82) is 0 Å². The van der Waals surface area contributed by atoms with Crippen LogP contribution in [0.4, 0.5) is 5.69 Å². The van der Waals surface area contributed by atoms with Gasteiger partial charge in [-0.3, -0.25) is 14.4 Å². The van der Waals surface area contributed by atoms with Gasteiger partial charge in [0.2, 0.25) is 0 Å². The third kappa shape index (κ3) is 7.12. The van der Waals surface area contributed by atoms with Crippen LogP contribution in [0.15, 0.2) is 138 Å². The molecular weight excluding hydrogens is 576 g/mol. The minimum atomic E-state index is -0.489. The summed E-state index contributed by atoms with van der Waals surface area (Å²) in [5.41, 5.74) is 3.20. The zero-order chi connectivity index (χ0) is 28.6. The molecular formula is C35H25BrN2O3. The minimum absolute atomic E-state index is 0.0905. The van der Waals surface area contributed by atoms with Gasteiger partial charge in [0.1, 0.15) is 5.70 Å². The van der Waals surface area contributed by atoms with Gasteiger partial charge in [-0.2, -0.15) is 0 Å². The second-order valence-electron chi connectivity index (χ2n) is 9.23. The van der Waals surface area contributed by atoms with Crippen molar-refractivity contribution in [3.05, 3.63) is 160 Å². The van der Waals surface area contributed by atoms with Gasteiger partial charge in [0.15, 0.2) is 5.78 Å². The quantitative estimate of drug-likeness (QED) is 0.140. The normalized spacial score (nSPS) is 11.4. The topological polar surface area (TPSA) is 75.3 Å². The molecule has 0 saturated carbocycles. The van der Waals surface area contributed by atoms with Gasteiger partial charge in [0.25, 0.3) is 11.8 Å². The van der Waals surface area contributed by atoms with Crippen molar-refractivity contribution < 1.29 is 14.4 Å². The summed E-state index contributed by atoms with van der Waals surface area (Å²) in [4.78, 5) is 39.1. The van der Waals surface area contributed by atoms with Crippen LogP contribution in [0.3, 0.4) is 0 Å². The molecule has 0 saturated heterocycles. The molecule has 0 spiro atoms. The summed E-state index contributed by atoms with van der Waals surface area (Å²) in [6, 6.07) is 36.6. The van der Waals surface area contributed by atoms with Crippen LogP contribution in [-0.2, 0) is 4.79 Å². The Morgan fingerprint density at radius 3 is 2.10 bits per heavy atom. The number of anilines is 1. The fourth-order valence-electron chi connectivity index (χ4n) is 4.23. The van der Waals surface area contributed by atoms with Gasteiger partial charge in [-0.1, -0.05) is 94.8 Å². The molecule has 0 radical (unpaired) electrons. The molecule has 41 heavy (non-hydrogen) atoms. The first-order chi connectivity index (χ1) is 20.0. The molecule has 6 heteroatoms. The lowest BCUT2D eigenvalue weighted by atomic mass is 10.0. The summed E-state index contributed by atoms with van der Waals surface area (Å²) >= 11 is 3.40. The largest absolute Gasteiger partial charge is 0.321 e. The predicted molar refractivity (Wildman–Crippen MR) is 168 cm³/mol. The van der Waals surface area contributed by atoms with Gasteiger partial charge in [0.05, 0.1) is 0 Å². The molecule has 0 aromatic heterocycles. The average molecular weight is 602 g/mol. The van der Waals surface area contributed by atoms with Crippen molar-refractivity contribution in [2.75, 3.05) is 5.32 Å². The second-order valence-corrected chi connectivity index (χ2v) is 10.1. The highest BCUT2D eigenvalue weighted by Crippen LogP contribution is 2.21. The summed E-state index contributed by atoms with van der Waals surface area (Å²) in [7, 11) is 0. The van der Waals surface area contributed by atoms with Gasteiger partial charge in [-0.25, -0.2) is 0 Å². The summed E-state index contributed by atoms with van der Waals surface area (Å²) in [6.07, 6.45) is 4.94. The third-order valence-corrected chi connectivity index (χ3v) is 6.91. The van der Waals surface area contributed by atoms with Crippen molar-refractivity contribution in [3.63, 3.8) is 0 Å². The molecule has 5 aromatic rings. The Hall–Kier alpha value is -5.07. The SMILES string of the molecule is O=C(Nc1ccc(C(=O)/C=C/c2ccc(Br)cc2)cc1)/C(=C/c1cccc2ccccc12)NC(=O)c1ccccc1. The Labute approximate surface area is 246 Å². The van der Waals surface area contributed by atoms with E-state index in [0.29, 0.717) is 16.8 Å². The number of hydrogen-bond donors (Lipinski definition) is 2. The molecule has 0 fully saturated rings. The number of rotatable bonds is 8. The average Bonchev–Trinajstić information content (AvgIpc) is 3.01. The van der Waals surface area contributed by atoms with Crippen LogP contribution >= 0.6 is 15.9 Å². The zero-order valence-electron chi connectivity index (χ0n) is 21.9. The molecule has 5 aromatic carbocycles. The Bertz CT molecular complexity index is 1770. The van der Waals surface area contributed by atoms with E-state index in [-0.39, 0.29) is 11.5 Å². The Morgan fingerprint density at radius 1 is 0.659 bits per heavy atom. The smallest absolute Gasteiger partial charge is 0.272 e. The lowest BCUT2D eigenvalue weighted by molar-refractivity contribution is -0.113. The van der Waals surface area contributed by atoms with E-state index in [1.807, 2.05) is 72.8 Å². The van der Waals surface area contributed by atoms with Crippen LogP contribution in [0.25, 0.3) is 22.9 Å². The fourth-order valence-corrected chi connectivity index (χ4v) is 4.50. The van der Waals surface area contributed by atoms with E-state index in [1.54, 1.807) is 60.7 Å². The van der Waals surface area contributed by atoms with Crippen LogP contribution in [0.1, 0.15) is 31.8 Å². The third-order valence-electron chi connectivity index (χ3n) is 6.38. The van der Waals surface area contributed by atoms with Crippen molar-refractivity contribution in [2.24, 2.45) is 0 Å². The molecule has 5 nitrogen and oxygen atoms in total. The number of halogens is 1. The maximum absolute atomic E-state index is 13.4. The van der Waals surface area contributed by atoms with E-state index < -0.39 is 11.8 Å². The maximum Gasteiger partial charge on any atom is 0.272 e. The number of hydrogen-bond acceptors (Lipinski definition) is 3. The van der Waals surface area contributed by atoms with Crippen LogP contribution in [0.5, 0.6) is 0 Å². The number of ketones is 1. The monoisotopic (exact) mass is 600 g/mol. The number of amides is 2. The highest BCUT2D eigenvalue weighted by Gasteiger charge is 2.16. The van der Waals surface area contributed by atoms with Crippen LogP contribution in [-0.4, -0.2) is 17.6 Å². The van der Waals surface area contributed by atoms with Gasteiger partial charge >= 0.3 is 0 Å². The maximum atomic E-state index is 13.4. The Morgan fingerprint density at radius 2 is 1.34 bits per heavy atom. The van der Waals surface area contributed by atoms with Crippen molar-refractivity contribution in [2.45, 2.75) is 0 Å². The lowest BCUT2D eigenvalue weighted by Crippen LogP contribution is -2.30. The zero-order valence-corrected chi connectivity index (χ0v) is 23.5. The van der Waals surface area contributed by atoms with Gasteiger partial charge in [-0.15, -0.1) is 0 Å². The number of benzene rings is 5. The summed E-state index contributed by atoms with van der Waals surface area (Å²) in [6.45, 7) is 0. The fraction of sp³-hybridized carbons (Fsp3) is 0. The Balaban J connectivity index is 1.36. The molecule has 0 heterocycles. The molecule has 0 aliphatic rings. The molecule has 200 valence electrons. The summed E-state index contributed by atoms with van der Waals surface area (Å²) < 4.78 is 0.966. The minimum Gasteiger partial charge on any atom is -0.321 e. The summed E-state index contributed by atoms with van der Waals surface area (Å²) in [5, 5.41) is 7.59. The molecule has 2 N–H and O–H groups in total. The van der Waals surface area contributed by atoms with Crippen molar-refractivity contribution >= 4 is 62.1 Å². The van der Waals surface area contributed by atoms with Gasteiger partial charge in [0, 0.05) is 21.3 Å². The number of fused-ring (bicyclic) bond motifs is 1. The molecule has 0 atom stereocenters. The number of carbonyl (C=O) groups is 3. The van der Waals surface area contributed by atoms with Crippen molar-refractivity contribution in [1.82, 2.24) is 5.32 Å². The standard InChI is InChI=1S/C35H25BrN2O3/c36-29-18-13-24(14-19-29)15-22-33(39)26-16-20-30(21-17-26)37-35(41)32(38-34(40)27-8-2-1-3-9-27)23-28-11-6-10-25-7-4-5-12-31(25)28/h1-23H,(H,37,41)(H,38,40)/b22-15+,32-23-. The predicted octanol–water partition coefficient (Wildman–Crippen LogP) is 7.91. The molecule has 0 bridgehead atoms. The highest BCUT2D eigenvalue weighted by atomic mass is 79.9. The van der Waals surface area contributed by atoms with Crippen LogP contribution in [0.2, 0.25) is 0 Å². The number of nitrogens with one attached hydrogen (secondary N) is 2. The van der Waals surface area contributed by atoms with Crippen molar-refractivity contribution in [3.8, 4) is 0 Å².